The smallest absolute Gasteiger partial charge is 0.223 e. The summed E-state index contributed by atoms with van der Waals surface area (Å²) in [6.07, 6.45) is 4.36. The molecule has 5 heteroatoms. The molecule has 0 spiro atoms. The van der Waals surface area contributed by atoms with Gasteiger partial charge in [-0.2, -0.15) is 11.8 Å². The van der Waals surface area contributed by atoms with E-state index in [1.165, 1.54) is 19.3 Å². The average molecular weight is 281 g/mol. The fourth-order valence-corrected chi connectivity index (χ4v) is 3.18. The number of halogens is 1. The Morgan fingerprint density at radius 2 is 2.24 bits per heavy atom. The fraction of sp³-hybridized carbons (Fsp3) is 0.917. The molecule has 0 aliphatic carbocycles. The third-order valence-corrected chi connectivity index (χ3v) is 4.16. The summed E-state index contributed by atoms with van der Waals surface area (Å²) in [6, 6.07) is 0. The molecule has 0 saturated carbocycles. The Balaban J connectivity index is 0.00000256. The molecule has 1 rings (SSSR count). The van der Waals surface area contributed by atoms with Crippen molar-refractivity contribution in [2.75, 3.05) is 32.4 Å². The molecule has 1 heterocycles. The molecule has 1 fully saturated rings. The molecule has 0 aromatic heterocycles. The van der Waals surface area contributed by atoms with Crippen molar-refractivity contribution in [3.8, 4) is 0 Å². The number of likely N-dealkylation sites (tertiary alicyclic amines) is 1. The highest BCUT2D eigenvalue weighted by Crippen LogP contribution is 2.22. The van der Waals surface area contributed by atoms with Gasteiger partial charge in [-0.15, -0.1) is 12.4 Å². The second kappa shape index (κ2) is 10.0. The molecule has 102 valence electrons. The lowest BCUT2D eigenvalue weighted by molar-refractivity contribution is -0.130. The van der Waals surface area contributed by atoms with Crippen molar-refractivity contribution < 1.29 is 4.79 Å². The molecule has 1 saturated heterocycles. The minimum absolute atomic E-state index is 0. The molecular formula is C12H25ClN2OS. The van der Waals surface area contributed by atoms with Gasteiger partial charge in [0.1, 0.15) is 0 Å². The molecule has 0 aromatic rings. The number of carbonyl (C=O) groups excluding carboxylic acids is 1. The van der Waals surface area contributed by atoms with Crippen molar-refractivity contribution in [1.82, 2.24) is 10.2 Å². The second-order valence-electron chi connectivity index (χ2n) is 4.27. The standard InChI is InChI=1S/C12H24N2OS.ClH/c1-3-16-11-6-4-5-9-14(10-11)12(15)7-8-13-2;/h11,13H,3-10H2,1-2H3;1H. The van der Waals surface area contributed by atoms with Crippen molar-refractivity contribution in [3.63, 3.8) is 0 Å². The molecular weight excluding hydrogens is 256 g/mol. The van der Waals surface area contributed by atoms with E-state index >= 15 is 0 Å². The molecule has 1 atom stereocenters. The molecule has 0 radical (unpaired) electrons. The highest BCUT2D eigenvalue weighted by Gasteiger charge is 2.21. The topological polar surface area (TPSA) is 32.3 Å². The first-order valence-corrected chi connectivity index (χ1v) is 7.36. The van der Waals surface area contributed by atoms with Gasteiger partial charge in [-0.3, -0.25) is 4.79 Å². The van der Waals surface area contributed by atoms with E-state index < -0.39 is 0 Å². The van der Waals surface area contributed by atoms with E-state index in [0.717, 1.165) is 25.4 Å². The van der Waals surface area contributed by atoms with Crippen LogP contribution in [0, 0.1) is 0 Å². The van der Waals surface area contributed by atoms with Crippen LogP contribution in [0.25, 0.3) is 0 Å². The van der Waals surface area contributed by atoms with Crippen molar-refractivity contribution in [1.29, 1.82) is 0 Å². The average Bonchev–Trinajstić information content (AvgIpc) is 2.52. The SMILES string of the molecule is CCSC1CCCCN(C(=O)CCNC)C1.Cl. The first-order chi connectivity index (χ1) is 7.77. The van der Waals surface area contributed by atoms with Crippen molar-refractivity contribution in [2.24, 2.45) is 0 Å². The molecule has 0 bridgehead atoms. The van der Waals surface area contributed by atoms with E-state index in [9.17, 15) is 4.79 Å². The van der Waals surface area contributed by atoms with Crippen LogP contribution in [0.5, 0.6) is 0 Å². The lowest BCUT2D eigenvalue weighted by Gasteiger charge is -2.24. The summed E-state index contributed by atoms with van der Waals surface area (Å²) < 4.78 is 0. The number of amides is 1. The van der Waals surface area contributed by atoms with Gasteiger partial charge >= 0.3 is 0 Å². The van der Waals surface area contributed by atoms with E-state index in [1.54, 1.807) is 0 Å². The van der Waals surface area contributed by atoms with Crippen LogP contribution in [0.15, 0.2) is 0 Å². The zero-order valence-electron chi connectivity index (χ0n) is 10.9. The fourth-order valence-electron chi connectivity index (χ4n) is 2.09. The minimum atomic E-state index is 0. The largest absolute Gasteiger partial charge is 0.342 e. The van der Waals surface area contributed by atoms with Crippen LogP contribution in [-0.4, -0.2) is 48.5 Å². The predicted molar refractivity (Wildman–Crippen MR) is 78.1 cm³/mol. The summed E-state index contributed by atoms with van der Waals surface area (Å²) in [5.41, 5.74) is 0. The van der Waals surface area contributed by atoms with Crippen LogP contribution in [-0.2, 0) is 4.79 Å². The lowest BCUT2D eigenvalue weighted by atomic mass is 10.2. The van der Waals surface area contributed by atoms with Crippen LogP contribution < -0.4 is 5.32 Å². The van der Waals surface area contributed by atoms with Crippen LogP contribution in [0.3, 0.4) is 0 Å². The first kappa shape index (κ1) is 17.1. The molecule has 1 unspecified atom stereocenters. The van der Waals surface area contributed by atoms with Crippen molar-refractivity contribution in [2.45, 2.75) is 37.9 Å². The summed E-state index contributed by atoms with van der Waals surface area (Å²) in [4.78, 5) is 14.0. The summed E-state index contributed by atoms with van der Waals surface area (Å²) >= 11 is 2.00. The van der Waals surface area contributed by atoms with Crippen molar-refractivity contribution in [3.05, 3.63) is 0 Å². The third-order valence-electron chi connectivity index (χ3n) is 2.97. The molecule has 17 heavy (non-hydrogen) atoms. The highest BCUT2D eigenvalue weighted by atomic mass is 35.5. The summed E-state index contributed by atoms with van der Waals surface area (Å²) in [6.45, 7) is 4.91. The maximum atomic E-state index is 11.9. The van der Waals surface area contributed by atoms with Gasteiger partial charge in [-0.25, -0.2) is 0 Å². The van der Waals surface area contributed by atoms with Gasteiger partial charge < -0.3 is 10.2 Å². The summed E-state index contributed by atoms with van der Waals surface area (Å²) in [5, 5.41) is 3.70. The Kier molecular flexibility index (Phi) is 10.1. The van der Waals surface area contributed by atoms with Crippen LogP contribution in [0.2, 0.25) is 0 Å². The summed E-state index contributed by atoms with van der Waals surface area (Å²) in [7, 11) is 1.89. The van der Waals surface area contributed by atoms with Gasteiger partial charge in [0.25, 0.3) is 0 Å². The molecule has 1 amide bonds. The third kappa shape index (κ3) is 6.53. The van der Waals surface area contributed by atoms with Crippen LogP contribution in [0.4, 0.5) is 0 Å². The van der Waals surface area contributed by atoms with E-state index in [-0.39, 0.29) is 12.4 Å². The molecule has 1 N–H and O–H groups in total. The lowest BCUT2D eigenvalue weighted by Crippen LogP contribution is -2.36. The van der Waals surface area contributed by atoms with Crippen LogP contribution >= 0.6 is 24.2 Å². The molecule has 0 aromatic carbocycles. The monoisotopic (exact) mass is 280 g/mol. The molecule has 1 aliphatic heterocycles. The van der Waals surface area contributed by atoms with Crippen molar-refractivity contribution >= 4 is 30.1 Å². The quantitative estimate of drug-likeness (QED) is 0.838. The number of thioether (sulfide) groups is 1. The van der Waals surface area contributed by atoms with Gasteiger partial charge in [0.2, 0.25) is 5.91 Å². The Hall–Kier alpha value is 0.0700. The van der Waals surface area contributed by atoms with E-state index in [1.807, 2.05) is 18.8 Å². The minimum Gasteiger partial charge on any atom is -0.342 e. The Morgan fingerprint density at radius 1 is 1.47 bits per heavy atom. The number of hydrogen-bond acceptors (Lipinski definition) is 3. The number of carbonyl (C=O) groups is 1. The molecule has 1 aliphatic rings. The Morgan fingerprint density at radius 3 is 2.88 bits per heavy atom. The Bertz CT molecular complexity index is 217. The zero-order chi connectivity index (χ0) is 11.8. The Labute approximate surface area is 115 Å². The normalized spacial score (nSPS) is 20.6. The van der Waals surface area contributed by atoms with Gasteiger partial charge in [0.15, 0.2) is 0 Å². The van der Waals surface area contributed by atoms with E-state index in [2.05, 4.69) is 17.1 Å². The number of nitrogens with zero attached hydrogens (tertiary/aromatic N) is 1. The van der Waals surface area contributed by atoms with Crippen LogP contribution in [0.1, 0.15) is 32.6 Å². The predicted octanol–water partition coefficient (Wildman–Crippen LogP) is 2.15. The maximum Gasteiger partial charge on any atom is 0.223 e. The van der Waals surface area contributed by atoms with Gasteiger partial charge in [0, 0.05) is 31.3 Å². The highest BCUT2D eigenvalue weighted by molar-refractivity contribution is 7.99. The van der Waals surface area contributed by atoms with Gasteiger partial charge in [-0.05, 0) is 25.6 Å². The van der Waals surface area contributed by atoms with E-state index in [0.29, 0.717) is 17.6 Å². The zero-order valence-corrected chi connectivity index (χ0v) is 12.5. The summed E-state index contributed by atoms with van der Waals surface area (Å²) in [5.74, 6) is 1.47. The van der Waals surface area contributed by atoms with Gasteiger partial charge in [0.05, 0.1) is 0 Å². The number of nitrogens with one attached hydrogen (secondary N) is 1. The number of hydrogen-bond donors (Lipinski definition) is 1. The second-order valence-corrected chi connectivity index (χ2v) is 5.84. The number of rotatable bonds is 5. The maximum absolute atomic E-state index is 11.9. The van der Waals surface area contributed by atoms with Gasteiger partial charge in [-0.1, -0.05) is 13.3 Å². The first-order valence-electron chi connectivity index (χ1n) is 6.32. The van der Waals surface area contributed by atoms with E-state index in [4.69, 9.17) is 0 Å². The molecule has 3 nitrogen and oxygen atoms in total.